The Morgan fingerprint density at radius 2 is 2.14 bits per heavy atom. The molecule has 0 radical (unpaired) electrons. The van der Waals surface area contributed by atoms with Crippen molar-refractivity contribution in [2.24, 2.45) is 17.7 Å². The van der Waals surface area contributed by atoms with Gasteiger partial charge >= 0.3 is 0 Å². The van der Waals surface area contributed by atoms with E-state index in [0.717, 1.165) is 17.6 Å². The summed E-state index contributed by atoms with van der Waals surface area (Å²) in [6, 6.07) is 0.523. The molecular weight excluding hydrogens is 192 g/mol. The van der Waals surface area contributed by atoms with Crippen LogP contribution in [-0.4, -0.2) is 18.1 Å². The zero-order valence-electron chi connectivity index (χ0n) is 9.46. The first-order chi connectivity index (χ1) is 6.83. The quantitative estimate of drug-likeness (QED) is 0.547. The molecule has 3 N–H and O–H groups in total. The molecule has 0 aliphatic heterocycles. The van der Waals surface area contributed by atoms with Gasteiger partial charge in [0.05, 0.1) is 0 Å². The van der Waals surface area contributed by atoms with E-state index >= 15 is 0 Å². The topological polar surface area (TPSA) is 38.0 Å². The van der Waals surface area contributed by atoms with Gasteiger partial charge < -0.3 is 0 Å². The van der Waals surface area contributed by atoms with Crippen molar-refractivity contribution < 1.29 is 0 Å². The van der Waals surface area contributed by atoms with E-state index in [4.69, 9.17) is 5.84 Å². The SMILES string of the molecule is CCC1CCCCC1C(CSC)NN. The molecule has 0 spiro atoms. The van der Waals surface area contributed by atoms with Crippen LogP contribution in [0.5, 0.6) is 0 Å². The van der Waals surface area contributed by atoms with Crippen LogP contribution in [0.3, 0.4) is 0 Å². The van der Waals surface area contributed by atoms with Gasteiger partial charge in [0.15, 0.2) is 0 Å². The van der Waals surface area contributed by atoms with Gasteiger partial charge in [-0.25, -0.2) is 0 Å². The number of rotatable bonds is 5. The summed E-state index contributed by atoms with van der Waals surface area (Å²) in [5.74, 6) is 8.50. The van der Waals surface area contributed by atoms with Crippen LogP contribution in [0.25, 0.3) is 0 Å². The van der Waals surface area contributed by atoms with Crippen LogP contribution in [0.15, 0.2) is 0 Å². The highest BCUT2D eigenvalue weighted by Gasteiger charge is 2.29. The lowest BCUT2D eigenvalue weighted by Crippen LogP contribution is -2.46. The van der Waals surface area contributed by atoms with E-state index in [1.165, 1.54) is 32.1 Å². The normalized spacial score (nSPS) is 30.2. The molecule has 0 heterocycles. The second-order valence-corrected chi connectivity index (χ2v) is 5.26. The Balaban J connectivity index is 2.51. The van der Waals surface area contributed by atoms with E-state index in [9.17, 15) is 0 Å². The van der Waals surface area contributed by atoms with Crippen molar-refractivity contribution in [3.8, 4) is 0 Å². The highest BCUT2D eigenvalue weighted by atomic mass is 32.2. The second kappa shape index (κ2) is 6.70. The molecule has 0 aromatic rings. The smallest absolute Gasteiger partial charge is 0.0331 e. The molecule has 3 heteroatoms. The number of hydrazine groups is 1. The molecule has 0 amide bonds. The molecule has 1 fully saturated rings. The molecule has 1 aliphatic carbocycles. The van der Waals surface area contributed by atoms with E-state index in [2.05, 4.69) is 18.6 Å². The summed E-state index contributed by atoms with van der Waals surface area (Å²) in [6.45, 7) is 2.32. The first-order valence-electron chi connectivity index (χ1n) is 5.78. The average Bonchev–Trinajstić information content (AvgIpc) is 2.26. The average molecular weight is 216 g/mol. The maximum Gasteiger partial charge on any atom is 0.0331 e. The number of nitrogens with two attached hydrogens (primary N) is 1. The third kappa shape index (κ3) is 3.14. The first-order valence-corrected chi connectivity index (χ1v) is 7.17. The lowest BCUT2D eigenvalue weighted by Gasteiger charge is -2.36. The molecule has 84 valence electrons. The van der Waals surface area contributed by atoms with Crippen LogP contribution in [0, 0.1) is 11.8 Å². The Labute approximate surface area is 92.4 Å². The van der Waals surface area contributed by atoms with Gasteiger partial charge in [0.1, 0.15) is 0 Å². The maximum atomic E-state index is 5.64. The van der Waals surface area contributed by atoms with Crippen molar-refractivity contribution >= 4 is 11.8 Å². The molecule has 0 aromatic heterocycles. The summed E-state index contributed by atoms with van der Waals surface area (Å²) >= 11 is 1.90. The monoisotopic (exact) mass is 216 g/mol. The van der Waals surface area contributed by atoms with Gasteiger partial charge in [-0.05, 0) is 24.5 Å². The van der Waals surface area contributed by atoms with Crippen LogP contribution >= 0.6 is 11.8 Å². The molecule has 1 saturated carbocycles. The first kappa shape index (κ1) is 12.3. The number of hydrogen-bond acceptors (Lipinski definition) is 3. The third-order valence-corrected chi connectivity index (χ3v) is 4.26. The number of hydrogen-bond donors (Lipinski definition) is 2. The third-order valence-electron chi connectivity index (χ3n) is 3.57. The van der Waals surface area contributed by atoms with Gasteiger partial charge in [-0.3, -0.25) is 11.3 Å². The predicted octanol–water partition coefficient (Wildman–Crippen LogP) is 2.40. The Morgan fingerprint density at radius 1 is 1.43 bits per heavy atom. The van der Waals surface area contributed by atoms with E-state index in [-0.39, 0.29) is 0 Å². The van der Waals surface area contributed by atoms with Crippen molar-refractivity contribution in [2.75, 3.05) is 12.0 Å². The number of thioether (sulfide) groups is 1. The fourth-order valence-electron chi connectivity index (χ4n) is 2.75. The second-order valence-electron chi connectivity index (χ2n) is 4.35. The molecule has 0 saturated heterocycles. The summed E-state index contributed by atoms with van der Waals surface area (Å²) in [7, 11) is 0. The van der Waals surface area contributed by atoms with Gasteiger partial charge in [-0.2, -0.15) is 11.8 Å². The van der Waals surface area contributed by atoms with Gasteiger partial charge in [0, 0.05) is 11.8 Å². The van der Waals surface area contributed by atoms with Gasteiger partial charge in [0.2, 0.25) is 0 Å². The zero-order valence-corrected chi connectivity index (χ0v) is 10.3. The molecule has 1 rings (SSSR count). The molecule has 0 bridgehead atoms. The van der Waals surface area contributed by atoms with Crippen LogP contribution in [0.4, 0.5) is 0 Å². The Hall–Kier alpha value is 0.270. The maximum absolute atomic E-state index is 5.64. The molecule has 2 nitrogen and oxygen atoms in total. The molecule has 0 aromatic carbocycles. The Bertz CT molecular complexity index is 152. The summed E-state index contributed by atoms with van der Waals surface area (Å²) in [5.41, 5.74) is 3.02. The van der Waals surface area contributed by atoms with Gasteiger partial charge in [0.25, 0.3) is 0 Å². The van der Waals surface area contributed by atoms with Crippen LogP contribution in [0.2, 0.25) is 0 Å². The minimum Gasteiger partial charge on any atom is -0.271 e. The molecule has 3 atom stereocenters. The molecule has 1 aliphatic rings. The summed E-state index contributed by atoms with van der Waals surface area (Å²) in [4.78, 5) is 0. The summed E-state index contributed by atoms with van der Waals surface area (Å²) in [6.07, 6.45) is 9.08. The highest BCUT2D eigenvalue weighted by molar-refractivity contribution is 7.98. The zero-order chi connectivity index (χ0) is 10.4. The Kier molecular flexibility index (Phi) is 5.90. The van der Waals surface area contributed by atoms with Crippen molar-refractivity contribution in [3.05, 3.63) is 0 Å². The van der Waals surface area contributed by atoms with Crippen molar-refractivity contribution in [3.63, 3.8) is 0 Å². The molecule has 3 unspecified atom stereocenters. The van der Waals surface area contributed by atoms with E-state index < -0.39 is 0 Å². The minimum absolute atomic E-state index is 0.523. The van der Waals surface area contributed by atoms with Gasteiger partial charge in [-0.1, -0.05) is 32.6 Å². The number of nitrogens with one attached hydrogen (secondary N) is 1. The molecular formula is C11H24N2S. The fourth-order valence-corrected chi connectivity index (χ4v) is 3.45. The van der Waals surface area contributed by atoms with Crippen LogP contribution in [0.1, 0.15) is 39.0 Å². The van der Waals surface area contributed by atoms with Crippen LogP contribution in [-0.2, 0) is 0 Å². The van der Waals surface area contributed by atoms with Crippen LogP contribution < -0.4 is 11.3 Å². The largest absolute Gasteiger partial charge is 0.271 e. The van der Waals surface area contributed by atoms with Crippen molar-refractivity contribution in [1.82, 2.24) is 5.43 Å². The standard InChI is InChI=1S/C11H24N2S/c1-3-9-6-4-5-7-10(9)11(13-12)8-14-2/h9-11,13H,3-8,12H2,1-2H3. The van der Waals surface area contributed by atoms with Gasteiger partial charge in [-0.15, -0.1) is 0 Å². The lowest BCUT2D eigenvalue weighted by molar-refractivity contribution is 0.186. The van der Waals surface area contributed by atoms with Crippen molar-refractivity contribution in [1.29, 1.82) is 0 Å². The van der Waals surface area contributed by atoms with E-state index in [0.29, 0.717) is 6.04 Å². The van der Waals surface area contributed by atoms with E-state index in [1.54, 1.807) is 0 Å². The summed E-state index contributed by atoms with van der Waals surface area (Å²) in [5, 5.41) is 0. The van der Waals surface area contributed by atoms with Crippen molar-refractivity contribution in [2.45, 2.75) is 45.1 Å². The summed E-state index contributed by atoms with van der Waals surface area (Å²) < 4.78 is 0. The Morgan fingerprint density at radius 3 is 2.71 bits per heavy atom. The lowest BCUT2D eigenvalue weighted by atomic mass is 9.74. The van der Waals surface area contributed by atoms with E-state index in [1.807, 2.05) is 11.8 Å². The molecule has 14 heavy (non-hydrogen) atoms. The predicted molar refractivity (Wildman–Crippen MR) is 65.2 cm³/mol. The fraction of sp³-hybridized carbons (Fsp3) is 1.00. The minimum atomic E-state index is 0.523. The highest BCUT2D eigenvalue weighted by Crippen LogP contribution is 2.34.